The number of rotatable bonds is 5. The van der Waals surface area contributed by atoms with E-state index in [0.29, 0.717) is 12.6 Å². The Morgan fingerprint density at radius 2 is 1.81 bits per heavy atom. The van der Waals surface area contributed by atoms with Gasteiger partial charge in [-0.1, -0.05) is 18.2 Å². The summed E-state index contributed by atoms with van der Waals surface area (Å²) < 4.78 is 1.99. The van der Waals surface area contributed by atoms with Crippen molar-refractivity contribution in [1.82, 2.24) is 30.0 Å². The van der Waals surface area contributed by atoms with Gasteiger partial charge >= 0.3 is 0 Å². The highest BCUT2D eigenvalue weighted by atomic mass is 16.2. The van der Waals surface area contributed by atoms with Crippen LogP contribution in [-0.2, 0) is 17.8 Å². The van der Waals surface area contributed by atoms with Crippen LogP contribution in [0, 0.1) is 0 Å². The van der Waals surface area contributed by atoms with E-state index in [-0.39, 0.29) is 5.91 Å². The molecule has 27 heavy (non-hydrogen) atoms. The van der Waals surface area contributed by atoms with Gasteiger partial charge in [0.2, 0.25) is 5.91 Å². The van der Waals surface area contributed by atoms with Gasteiger partial charge in [0, 0.05) is 38.4 Å². The lowest BCUT2D eigenvalue weighted by atomic mass is 10.2. The number of hydrogen-bond acceptors (Lipinski definition) is 6. The number of aromatic nitrogens is 4. The van der Waals surface area contributed by atoms with Crippen molar-refractivity contribution in [2.75, 3.05) is 44.2 Å². The molecule has 0 N–H and O–H groups in total. The summed E-state index contributed by atoms with van der Waals surface area (Å²) in [5.41, 5.74) is 2.37. The van der Waals surface area contributed by atoms with Crippen LogP contribution in [0.25, 0.3) is 0 Å². The first-order valence-electron chi connectivity index (χ1n) is 9.87. The molecule has 1 aromatic carbocycles. The molecular formula is C19H25N7O. The van der Waals surface area contributed by atoms with E-state index in [2.05, 4.69) is 37.5 Å². The molecule has 3 aliphatic rings. The molecule has 2 aromatic rings. The summed E-state index contributed by atoms with van der Waals surface area (Å²) in [6, 6.07) is 8.75. The van der Waals surface area contributed by atoms with Crippen LogP contribution in [0.5, 0.6) is 0 Å². The van der Waals surface area contributed by atoms with Gasteiger partial charge in [0.1, 0.15) is 0 Å². The zero-order chi connectivity index (χ0) is 18.2. The molecule has 142 valence electrons. The molecule has 3 heterocycles. The smallest absolute Gasteiger partial charge is 0.241 e. The van der Waals surface area contributed by atoms with Crippen molar-refractivity contribution < 1.29 is 4.79 Å². The van der Waals surface area contributed by atoms with Gasteiger partial charge in [-0.15, -0.1) is 5.10 Å². The van der Waals surface area contributed by atoms with Gasteiger partial charge in [-0.05, 0) is 41.3 Å². The zero-order valence-corrected chi connectivity index (χ0v) is 15.5. The average molecular weight is 367 g/mol. The van der Waals surface area contributed by atoms with E-state index in [4.69, 9.17) is 0 Å². The second kappa shape index (κ2) is 7.01. The van der Waals surface area contributed by atoms with Gasteiger partial charge in [0.25, 0.3) is 0 Å². The Hall–Kier alpha value is -2.32. The lowest BCUT2D eigenvalue weighted by molar-refractivity contribution is -0.120. The third kappa shape index (κ3) is 3.46. The second-order valence-corrected chi connectivity index (χ2v) is 7.75. The van der Waals surface area contributed by atoms with Crippen molar-refractivity contribution in [1.29, 1.82) is 0 Å². The number of tetrazole rings is 1. The topological polar surface area (TPSA) is 70.4 Å². The van der Waals surface area contributed by atoms with Crippen LogP contribution in [0.4, 0.5) is 5.69 Å². The molecule has 8 heteroatoms. The van der Waals surface area contributed by atoms with Crippen LogP contribution in [-0.4, -0.2) is 75.2 Å². The van der Waals surface area contributed by atoms with Gasteiger partial charge in [0.05, 0.1) is 19.1 Å². The maximum atomic E-state index is 12.8. The Bertz CT molecular complexity index is 823. The maximum absolute atomic E-state index is 12.8. The quantitative estimate of drug-likeness (QED) is 0.775. The number of carbonyl (C=O) groups excluding carboxylic acids is 1. The average Bonchev–Trinajstić information content (AvgIpc) is 3.27. The number of benzene rings is 1. The van der Waals surface area contributed by atoms with Gasteiger partial charge in [-0.2, -0.15) is 0 Å². The molecule has 0 unspecified atom stereocenters. The Labute approximate surface area is 158 Å². The molecule has 0 bridgehead atoms. The summed E-state index contributed by atoms with van der Waals surface area (Å²) in [5.74, 6) is 1.18. The van der Waals surface area contributed by atoms with E-state index in [1.54, 1.807) is 0 Å². The van der Waals surface area contributed by atoms with E-state index >= 15 is 0 Å². The number of carbonyl (C=O) groups is 1. The second-order valence-electron chi connectivity index (χ2n) is 7.75. The normalized spacial score (nSPS) is 20.8. The highest BCUT2D eigenvalue weighted by molar-refractivity contribution is 5.96. The Kier molecular flexibility index (Phi) is 4.37. The summed E-state index contributed by atoms with van der Waals surface area (Å²) >= 11 is 0. The zero-order valence-electron chi connectivity index (χ0n) is 15.5. The van der Waals surface area contributed by atoms with Gasteiger partial charge in [-0.25, -0.2) is 4.68 Å². The van der Waals surface area contributed by atoms with Gasteiger partial charge in [-0.3, -0.25) is 14.6 Å². The lowest BCUT2D eigenvalue weighted by Crippen LogP contribution is -2.49. The summed E-state index contributed by atoms with van der Waals surface area (Å²) in [6.07, 6.45) is 3.34. The number of amides is 1. The standard InChI is InChI=1S/C19H25N7O/c27-19(25-8-7-15-3-1-2-4-17(15)25)14-24-11-9-23(10-12-24)13-18-20-21-22-26(18)16-5-6-16/h1-4,16H,5-14H2. The molecule has 1 aromatic heterocycles. The van der Waals surface area contributed by atoms with E-state index < -0.39 is 0 Å². The van der Waals surface area contributed by atoms with E-state index in [1.165, 1.54) is 18.4 Å². The van der Waals surface area contributed by atoms with Crippen molar-refractivity contribution in [3.63, 3.8) is 0 Å². The minimum atomic E-state index is 0.214. The Balaban J connectivity index is 1.13. The maximum Gasteiger partial charge on any atom is 0.241 e. The molecule has 1 saturated heterocycles. The molecule has 8 nitrogen and oxygen atoms in total. The number of anilines is 1. The van der Waals surface area contributed by atoms with Crippen LogP contribution in [0.15, 0.2) is 24.3 Å². The molecule has 1 amide bonds. The minimum Gasteiger partial charge on any atom is -0.311 e. The molecule has 2 fully saturated rings. The van der Waals surface area contributed by atoms with E-state index in [0.717, 1.165) is 57.2 Å². The van der Waals surface area contributed by atoms with Crippen LogP contribution in [0.3, 0.4) is 0 Å². The number of piperazine rings is 1. The summed E-state index contributed by atoms with van der Waals surface area (Å²) in [7, 11) is 0. The number of nitrogens with zero attached hydrogens (tertiary/aromatic N) is 7. The molecule has 1 saturated carbocycles. The molecule has 0 radical (unpaired) electrons. The fraction of sp³-hybridized carbons (Fsp3) is 0.579. The van der Waals surface area contributed by atoms with Crippen LogP contribution >= 0.6 is 0 Å². The van der Waals surface area contributed by atoms with Crippen molar-refractivity contribution in [2.45, 2.75) is 31.8 Å². The molecule has 0 atom stereocenters. The first-order chi connectivity index (χ1) is 13.3. The molecule has 1 aliphatic carbocycles. The Morgan fingerprint density at radius 1 is 1.04 bits per heavy atom. The van der Waals surface area contributed by atoms with Crippen molar-refractivity contribution in [3.8, 4) is 0 Å². The SMILES string of the molecule is O=C(CN1CCN(Cc2nnnn2C2CC2)CC1)N1CCc2ccccc21. The van der Waals surface area contributed by atoms with Crippen molar-refractivity contribution in [3.05, 3.63) is 35.7 Å². The largest absolute Gasteiger partial charge is 0.311 e. The van der Waals surface area contributed by atoms with Crippen LogP contribution in [0.1, 0.15) is 30.3 Å². The van der Waals surface area contributed by atoms with Gasteiger partial charge < -0.3 is 4.90 Å². The van der Waals surface area contributed by atoms with E-state index in [1.807, 2.05) is 21.7 Å². The minimum absolute atomic E-state index is 0.214. The fourth-order valence-corrected chi connectivity index (χ4v) is 4.10. The summed E-state index contributed by atoms with van der Waals surface area (Å²) in [4.78, 5) is 19.4. The van der Waals surface area contributed by atoms with Crippen LogP contribution in [0.2, 0.25) is 0 Å². The summed E-state index contributed by atoms with van der Waals surface area (Å²) in [6.45, 7) is 5.82. The third-order valence-electron chi connectivity index (χ3n) is 5.83. The lowest BCUT2D eigenvalue weighted by Gasteiger charge is -2.34. The predicted octanol–water partition coefficient (Wildman–Crippen LogP) is 0.715. The number of fused-ring (bicyclic) bond motifs is 1. The number of para-hydroxylation sites is 1. The highest BCUT2D eigenvalue weighted by Crippen LogP contribution is 2.34. The van der Waals surface area contributed by atoms with E-state index in [9.17, 15) is 4.79 Å². The molecule has 5 rings (SSSR count). The number of hydrogen-bond donors (Lipinski definition) is 0. The highest BCUT2D eigenvalue weighted by Gasteiger charge is 2.30. The third-order valence-corrected chi connectivity index (χ3v) is 5.83. The first-order valence-corrected chi connectivity index (χ1v) is 9.87. The molecule has 2 aliphatic heterocycles. The predicted molar refractivity (Wildman–Crippen MR) is 100 cm³/mol. The molecule has 0 spiro atoms. The monoisotopic (exact) mass is 367 g/mol. The summed E-state index contributed by atoms with van der Waals surface area (Å²) in [5, 5.41) is 12.2. The van der Waals surface area contributed by atoms with Crippen molar-refractivity contribution >= 4 is 11.6 Å². The Morgan fingerprint density at radius 3 is 2.63 bits per heavy atom. The first kappa shape index (κ1) is 16.8. The van der Waals surface area contributed by atoms with Crippen LogP contribution < -0.4 is 4.90 Å². The van der Waals surface area contributed by atoms with Crippen molar-refractivity contribution in [2.24, 2.45) is 0 Å². The van der Waals surface area contributed by atoms with Gasteiger partial charge in [0.15, 0.2) is 5.82 Å². The molecular weight excluding hydrogens is 342 g/mol. The fourth-order valence-electron chi connectivity index (χ4n) is 4.10.